The molecule has 1 rings (SSSR count). The van der Waals surface area contributed by atoms with Crippen LogP contribution in [0.15, 0.2) is 18.2 Å². The monoisotopic (exact) mass is 232 g/mol. The van der Waals surface area contributed by atoms with Gasteiger partial charge in [-0.25, -0.2) is 9.18 Å². The molecule has 0 amide bonds. The Hall–Kier alpha value is -1.13. The molecule has 0 bridgehead atoms. The van der Waals surface area contributed by atoms with Crippen molar-refractivity contribution in [3.8, 4) is 0 Å². The average Bonchev–Trinajstić information content (AvgIpc) is 2.22. The Balaban J connectivity index is 2.73. The largest absolute Gasteiger partial charge is 0.467 e. The van der Waals surface area contributed by atoms with Gasteiger partial charge in [0.1, 0.15) is 5.82 Å². The highest BCUT2D eigenvalue weighted by Crippen LogP contribution is 2.17. The lowest BCUT2D eigenvalue weighted by Gasteiger charge is -2.08. The van der Waals surface area contributed by atoms with Crippen LogP contribution in [-0.2, 0) is 16.0 Å². The van der Waals surface area contributed by atoms with Gasteiger partial charge in [0, 0.05) is 6.42 Å². The summed E-state index contributed by atoms with van der Waals surface area (Å²) < 4.78 is 17.1. The topological polar surface area (TPSA) is 46.5 Å². The fraction of sp³-hybridized carbons (Fsp3) is 0.300. The Kier molecular flexibility index (Phi) is 4.05. The Bertz CT molecular complexity index is 368. The Labute approximate surface area is 91.4 Å². The van der Waals surface area contributed by atoms with Crippen LogP contribution < -0.4 is 0 Å². The van der Waals surface area contributed by atoms with Gasteiger partial charge >= 0.3 is 5.97 Å². The third kappa shape index (κ3) is 3.18. The summed E-state index contributed by atoms with van der Waals surface area (Å²) in [5.74, 6) is -1.26. The molecule has 1 atom stereocenters. The molecular weight excluding hydrogens is 223 g/mol. The number of esters is 1. The Morgan fingerprint density at radius 2 is 2.33 bits per heavy atom. The van der Waals surface area contributed by atoms with Gasteiger partial charge in [0.2, 0.25) is 0 Å². The second-order valence-corrected chi connectivity index (χ2v) is 3.40. The maximum absolute atomic E-state index is 12.8. The van der Waals surface area contributed by atoms with Crippen LogP contribution in [0.3, 0.4) is 0 Å². The van der Waals surface area contributed by atoms with E-state index in [1.165, 1.54) is 25.3 Å². The van der Waals surface area contributed by atoms with Crippen LogP contribution in [0.1, 0.15) is 5.56 Å². The van der Waals surface area contributed by atoms with Crippen molar-refractivity contribution in [2.75, 3.05) is 7.11 Å². The number of carbonyl (C=O) groups is 1. The SMILES string of the molecule is COC(=O)C(O)Cc1ccc(F)c(Cl)c1. The van der Waals surface area contributed by atoms with Crippen LogP contribution in [0, 0.1) is 5.82 Å². The molecule has 0 aromatic heterocycles. The third-order valence-corrected chi connectivity index (χ3v) is 2.18. The third-order valence-electron chi connectivity index (χ3n) is 1.89. The first-order chi connectivity index (χ1) is 7.04. The van der Waals surface area contributed by atoms with Crippen molar-refractivity contribution in [3.05, 3.63) is 34.6 Å². The van der Waals surface area contributed by atoms with Crippen LogP contribution in [0.5, 0.6) is 0 Å². The van der Waals surface area contributed by atoms with Crippen molar-refractivity contribution < 1.29 is 19.0 Å². The van der Waals surface area contributed by atoms with Crippen molar-refractivity contribution in [1.82, 2.24) is 0 Å². The Morgan fingerprint density at radius 1 is 1.67 bits per heavy atom. The fourth-order valence-electron chi connectivity index (χ4n) is 1.11. The molecule has 3 nitrogen and oxygen atoms in total. The molecular formula is C10H10ClFO3. The summed E-state index contributed by atoms with van der Waals surface area (Å²) in [5, 5.41) is 9.28. The molecule has 15 heavy (non-hydrogen) atoms. The van der Waals surface area contributed by atoms with Gasteiger partial charge in [-0.1, -0.05) is 17.7 Å². The molecule has 1 N–H and O–H groups in total. The first-order valence-electron chi connectivity index (χ1n) is 4.24. The number of hydrogen-bond acceptors (Lipinski definition) is 3. The minimum atomic E-state index is -1.25. The van der Waals surface area contributed by atoms with E-state index in [0.29, 0.717) is 5.56 Å². The van der Waals surface area contributed by atoms with E-state index >= 15 is 0 Å². The number of aliphatic hydroxyl groups excluding tert-OH is 1. The van der Waals surface area contributed by atoms with E-state index in [4.69, 9.17) is 11.6 Å². The number of halogens is 2. The van der Waals surface area contributed by atoms with Crippen molar-refractivity contribution >= 4 is 17.6 Å². The van der Waals surface area contributed by atoms with Gasteiger partial charge in [-0.05, 0) is 17.7 Å². The smallest absolute Gasteiger partial charge is 0.335 e. The lowest BCUT2D eigenvalue weighted by atomic mass is 10.1. The standard InChI is InChI=1S/C10H10ClFO3/c1-15-10(14)9(13)5-6-2-3-8(12)7(11)4-6/h2-4,9,13H,5H2,1H3. The van der Waals surface area contributed by atoms with Crippen molar-refractivity contribution in [2.24, 2.45) is 0 Å². The minimum Gasteiger partial charge on any atom is -0.467 e. The summed E-state index contributed by atoms with van der Waals surface area (Å²) in [6.07, 6.45) is -1.20. The molecule has 0 aliphatic carbocycles. The summed E-state index contributed by atoms with van der Waals surface area (Å²) >= 11 is 5.54. The van der Waals surface area contributed by atoms with Gasteiger partial charge in [0.05, 0.1) is 12.1 Å². The molecule has 0 aliphatic rings. The number of benzene rings is 1. The van der Waals surface area contributed by atoms with E-state index in [1.807, 2.05) is 0 Å². The predicted molar refractivity (Wildman–Crippen MR) is 53.1 cm³/mol. The number of ether oxygens (including phenoxy) is 1. The quantitative estimate of drug-likeness (QED) is 0.805. The first-order valence-corrected chi connectivity index (χ1v) is 4.62. The maximum Gasteiger partial charge on any atom is 0.335 e. The van der Waals surface area contributed by atoms with E-state index in [-0.39, 0.29) is 11.4 Å². The van der Waals surface area contributed by atoms with Crippen LogP contribution in [0.4, 0.5) is 4.39 Å². The van der Waals surface area contributed by atoms with Crippen molar-refractivity contribution in [2.45, 2.75) is 12.5 Å². The summed E-state index contributed by atoms with van der Waals surface area (Å²) in [5.41, 5.74) is 0.569. The fourth-order valence-corrected chi connectivity index (χ4v) is 1.31. The average molecular weight is 233 g/mol. The summed E-state index contributed by atoms with van der Waals surface area (Å²) in [4.78, 5) is 10.9. The van der Waals surface area contributed by atoms with Crippen LogP contribution in [0.2, 0.25) is 5.02 Å². The molecule has 0 aliphatic heterocycles. The number of methoxy groups -OCH3 is 1. The highest BCUT2D eigenvalue weighted by atomic mass is 35.5. The van der Waals surface area contributed by atoms with Gasteiger partial charge in [0.25, 0.3) is 0 Å². The normalized spacial score (nSPS) is 12.3. The predicted octanol–water partition coefficient (Wildman–Crippen LogP) is 1.56. The van der Waals surface area contributed by atoms with Gasteiger partial charge in [-0.15, -0.1) is 0 Å². The molecule has 0 fully saturated rings. The zero-order valence-electron chi connectivity index (χ0n) is 8.04. The molecule has 0 saturated heterocycles. The summed E-state index contributed by atoms with van der Waals surface area (Å²) in [6.45, 7) is 0. The lowest BCUT2D eigenvalue weighted by molar-refractivity contribution is -0.150. The number of aliphatic hydroxyl groups is 1. The molecule has 0 spiro atoms. The van der Waals surface area contributed by atoms with Crippen LogP contribution in [-0.4, -0.2) is 24.3 Å². The van der Waals surface area contributed by atoms with Crippen molar-refractivity contribution in [1.29, 1.82) is 0 Å². The van der Waals surface area contributed by atoms with E-state index in [0.717, 1.165) is 0 Å². The summed E-state index contributed by atoms with van der Waals surface area (Å²) in [6, 6.07) is 4.00. The van der Waals surface area contributed by atoms with Crippen molar-refractivity contribution in [3.63, 3.8) is 0 Å². The van der Waals surface area contributed by atoms with Gasteiger partial charge < -0.3 is 9.84 Å². The van der Waals surface area contributed by atoms with E-state index in [9.17, 15) is 14.3 Å². The van der Waals surface area contributed by atoms with Crippen LogP contribution >= 0.6 is 11.6 Å². The molecule has 1 aromatic rings. The molecule has 1 unspecified atom stereocenters. The molecule has 0 heterocycles. The highest BCUT2D eigenvalue weighted by Gasteiger charge is 2.16. The zero-order valence-corrected chi connectivity index (χ0v) is 8.79. The minimum absolute atomic E-state index is 0.0374. The van der Waals surface area contributed by atoms with Gasteiger partial charge in [0.15, 0.2) is 6.10 Å². The molecule has 0 saturated carbocycles. The van der Waals surface area contributed by atoms with Crippen LogP contribution in [0.25, 0.3) is 0 Å². The Morgan fingerprint density at radius 3 is 2.87 bits per heavy atom. The summed E-state index contributed by atoms with van der Waals surface area (Å²) in [7, 11) is 1.18. The molecule has 5 heteroatoms. The van der Waals surface area contributed by atoms with E-state index in [2.05, 4.69) is 4.74 Å². The van der Waals surface area contributed by atoms with E-state index in [1.54, 1.807) is 0 Å². The maximum atomic E-state index is 12.8. The van der Waals surface area contributed by atoms with Gasteiger partial charge in [-0.3, -0.25) is 0 Å². The lowest BCUT2D eigenvalue weighted by Crippen LogP contribution is -2.24. The number of carbonyl (C=O) groups excluding carboxylic acids is 1. The second-order valence-electron chi connectivity index (χ2n) is 2.99. The zero-order chi connectivity index (χ0) is 11.4. The van der Waals surface area contributed by atoms with E-state index < -0.39 is 17.9 Å². The number of rotatable bonds is 3. The number of hydrogen-bond donors (Lipinski definition) is 1. The second kappa shape index (κ2) is 5.09. The molecule has 82 valence electrons. The van der Waals surface area contributed by atoms with Gasteiger partial charge in [-0.2, -0.15) is 0 Å². The molecule has 1 aromatic carbocycles. The highest BCUT2D eigenvalue weighted by molar-refractivity contribution is 6.30. The molecule has 0 radical (unpaired) electrons. The first kappa shape index (κ1) is 11.9.